The molecule has 0 radical (unpaired) electrons. The van der Waals surface area contributed by atoms with Crippen molar-refractivity contribution in [3.05, 3.63) is 0 Å². The summed E-state index contributed by atoms with van der Waals surface area (Å²) in [6.45, 7) is 6.10. The van der Waals surface area contributed by atoms with Gasteiger partial charge in [-0.3, -0.25) is 4.79 Å². The van der Waals surface area contributed by atoms with Gasteiger partial charge >= 0.3 is 5.97 Å². The number of ether oxygens (including phenoxy) is 1. The van der Waals surface area contributed by atoms with Gasteiger partial charge < -0.3 is 14.7 Å². The second-order valence-corrected chi connectivity index (χ2v) is 3.62. The molecule has 4 heteroatoms. The molecule has 0 aromatic carbocycles. The first-order valence-corrected chi connectivity index (χ1v) is 4.70. The average Bonchev–Trinajstić information content (AvgIpc) is 2.26. The monoisotopic (exact) mass is 187 g/mol. The number of aliphatic carboxylic acids is 1. The molecule has 0 bridgehead atoms. The number of carboxylic acids is 1. The Kier molecular flexibility index (Phi) is 4.18. The van der Waals surface area contributed by atoms with Crippen LogP contribution < -0.4 is 0 Å². The molecule has 0 aliphatic carbocycles. The zero-order chi connectivity index (χ0) is 9.68. The van der Waals surface area contributed by atoms with Gasteiger partial charge in [-0.05, 0) is 5.92 Å². The summed E-state index contributed by atoms with van der Waals surface area (Å²) < 4.78 is 5.35. The summed E-state index contributed by atoms with van der Waals surface area (Å²) in [5.41, 5.74) is 0. The molecular formula is C9H17NO3. The molecule has 1 heterocycles. The van der Waals surface area contributed by atoms with Crippen molar-refractivity contribution in [1.82, 2.24) is 4.90 Å². The van der Waals surface area contributed by atoms with Crippen LogP contribution in [0.3, 0.4) is 0 Å². The maximum absolute atomic E-state index is 10.4. The van der Waals surface area contributed by atoms with Gasteiger partial charge in [0, 0.05) is 19.6 Å². The number of nitrogens with zero attached hydrogens (tertiary/aromatic N) is 1. The summed E-state index contributed by atoms with van der Waals surface area (Å²) in [5.74, 6) is -0.214. The molecule has 1 rings (SSSR count). The van der Waals surface area contributed by atoms with Crippen molar-refractivity contribution < 1.29 is 14.6 Å². The molecule has 0 aromatic rings. The molecular weight excluding hydrogens is 170 g/mol. The van der Waals surface area contributed by atoms with E-state index in [9.17, 15) is 4.79 Å². The fraction of sp³-hybridized carbons (Fsp3) is 0.889. The van der Waals surface area contributed by atoms with Crippen LogP contribution in [-0.4, -0.2) is 48.8 Å². The van der Waals surface area contributed by atoms with Crippen LogP contribution in [0.2, 0.25) is 0 Å². The Morgan fingerprint density at radius 2 is 2.46 bits per heavy atom. The largest absolute Gasteiger partial charge is 0.481 e. The van der Waals surface area contributed by atoms with Gasteiger partial charge in [-0.25, -0.2) is 0 Å². The van der Waals surface area contributed by atoms with Gasteiger partial charge in [0.2, 0.25) is 0 Å². The summed E-state index contributed by atoms with van der Waals surface area (Å²) in [4.78, 5) is 12.5. The van der Waals surface area contributed by atoms with Crippen molar-refractivity contribution in [1.29, 1.82) is 0 Å². The fourth-order valence-electron chi connectivity index (χ4n) is 1.52. The van der Waals surface area contributed by atoms with Crippen LogP contribution in [0.4, 0.5) is 0 Å². The van der Waals surface area contributed by atoms with Gasteiger partial charge in [0.1, 0.15) is 0 Å². The van der Waals surface area contributed by atoms with E-state index in [0.717, 1.165) is 26.3 Å². The summed E-state index contributed by atoms with van der Waals surface area (Å²) in [7, 11) is 0. The van der Waals surface area contributed by atoms with Crippen LogP contribution in [0.25, 0.3) is 0 Å². The molecule has 0 saturated carbocycles. The van der Waals surface area contributed by atoms with Crippen LogP contribution in [0, 0.1) is 5.92 Å². The van der Waals surface area contributed by atoms with Gasteiger partial charge in [-0.2, -0.15) is 0 Å². The first-order valence-electron chi connectivity index (χ1n) is 4.70. The summed E-state index contributed by atoms with van der Waals surface area (Å²) in [5, 5.41) is 8.52. The van der Waals surface area contributed by atoms with E-state index in [1.165, 1.54) is 0 Å². The third-order valence-electron chi connectivity index (χ3n) is 2.17. The number of hydrogen-bond donors (Lipinski definition) is 1. The van der Waals surface area contributed by atoms with E-state index in [0.29, 0.717) is 12.5 Å². The van der Waals surface area contributed by atoms with E-state index in [-0.39, 0.29) is 6.42 Å². The Morgan fingerprint density at radius 1 is 1.69 bits per heavy atom. The van der Waals surface area contributed by atoms with E-state index in [1.54, 1.807) is 0 Å². The molecule has 0 aromatic heterocycles. The Hall–Kier alpha value is -0.610. The SMILES string of the molecule is CC1COCCN(CCC(=O)O)C1. The molecule has 4 nitrogen and oxygen atoms in total. The standard InChI is InChI=1S/C9H17NO3/c1-8-6-10(3-2-9(11)12)4-5-13-7-8/h8H,2-7H2,1H3,(H,11,12). The summed E-state index contributed by atoms with van der Waals surface area (Å²) in [6.07, 6.45) is 0.229. The molecule has 1 aliphatic rings. The minimum absolute atomic E-state index is 0.229. The first-order chi connectivity index (χ1) is 6.18. The Morgan fingerprint density at radius 3 is 3.15 bits per heavy atom. The second-order valence-electron chi connectivity index (χ2n) is 3.62. The third kappa shape index (κ3) is 4.24. The highest BCUT2D eigenvalue weighted by molar-refractivity contribution is 5.66. The minimum Gasteiger partial charge on any atom is -0.481 e. The number of carbonyl (C=O) groups is 1. The van der Waals surface area contributed by atoms with Crippen molar-refractivity contribution in [3.8, 4) is 0 Å². The summed E-state index contributed by atoms with van der Waals surface area (Å²) in [6, 6.07) is 0. The topological polar surface area (TPSA) is 49.8 Å². The molecule has 1 atom stereocenters. The molecule has 1 unspecified atom stereocenters. The zero-order valence-electron chi connectivity index (χ0n) is 8.03. The van der Waals surface area contributed by atoms with E-state index in [4.69, 9.17) is 9.84 Å². The smallest absolute Gasteiger partial charge is 0.304 e. The Bertz CT molecular complexity index is 172. The highest BCUT2D eigenvalue weighted by Crippen LogP contribution is 2.06. The highest BCUT2D eigenvalue weighted by Gasteiger charge is 2.15. The summed E-state index contributed by atoms with van der Waals surface area (Å²) >= 11 is 0. The van der Waals surface area contributed by atoms with Gasteiger partial charge in [0.05, 0.1) is 19.6 Å². The van der Waals surface area contributed by atoms with Gasteiger partial charge in [-0.15, -0.1) is 0 Å². The predicted molar refractivity (Wildman–Crippen MR) is 48.7 cm³/mol. The molecule has 76 valence electrons. The molecule has 0 amide bonds. The predicted octanol–water partition coefficient (Wildman–Crippen LogP) is 0.429. The lowest BCUT2D eigenvalue weighted by Crippen LogP contribution is -2.31. The number of hydrogen-bond acceptors (Lipinski definition) is 3. The Balaban J connectivity index is 2.26. The van der Waals surface area contributed by atoms with Crippen LogP contribution in [0.5, 0.6) is 0 Å². The van der Waals surface area contributed by atoms with Crippen molar-refractivity contribution in [3.63, 3.8) is 0 Å². The molecule has 1 fully saturated rings. The lowest BCUT2D eigenvalue weighted by molar-refractivity contribution is -0.137. The number of rotatable bonds is 3. The minimum atomic E-state index is -0.724. The van der Waals surface area contributed by atoms with Crippen LogP contribution in [0.1, 0.15) is 13.3 Å². The third-order valence-corrected chi connectivity index (χ3v) is 2.17. The maximum Gasteiger partial charge on any atom is 0.304 e. The van der Waals surface area contributed by atoms with Crippen molar-refractivity contribution in [2.45, 2.75) is 13.3 Å². The second kappa shape index (κ2) is 5.19. The average molecular weight is 187 g/mol. The van der Waals surface area contributed by atoms with E-state index in [1.807, 2.05) is 0 Å². The zero-order valence-corrected chi connectivity index (χ0v) is 8.03. The van der Waals surface area contributed by atoms with Crippen molar-refractivity contribution >= 4 is 5.97 Å². The molecule has 13 heavy (non-hydrogen) atoms. The molecule has 0 spiro atoms. The number of carboxylic acid groups (broad SMARTS) is 1. The van der Waals surface area contributed by atoms with Crippen molar-refractivity contribution in [2.24, 2.45) is 5.92 Å². The molecule has 1 aliphatic heterocycles. The highest BCUT2D eigenvalue weighted by atomic mass is 16.5. The van der Waals surface area contributed by atoms with Crippen molar-refractivity contribution in [2.75, 3.05) is 32.8 Å². The first kappa shape index (κ1) is 10.5. The lowest BCUT2D eigenvalue weighted by Gasteiger charge is -2.19. The Labute approximate surface area is 78.5 Å². The fourth-order valence-corrected chi connectivity index (χ4v) is 1.52. The van der Waals surface area contributed by atoms with Gasteiger partial charge in [0.15, 0.2) is 0 Å². The quantitative estimate of drug-likeness (QED) is 0.696. The van der Waals surface area contributed by atoms with E-state index in [2.05, 4.69) is 11.8 Å². The normalized spacial score (nSPS) is 25.5. The molecule has 1 N–H and O–H groups in total. The van der Waals surface area contributed by atoms with Crippen LogP contribution >= 0.6 is 0 Å². The molecule has 1 saturated heterocycles. The van der Waals surface area contributed by atoms with Crippen LogP contribution in [-0.2, 0) is 9.53 Å². The van der Waals surface area contributed by atoms with E-state index < -0.39 is 5.97 Å². The van der Waals surface area contributed by atoms with Gasteiger partial charge in [0.25, 0.3) is 0 Å². The maximum atomic E-state index is 10.4. The van der Waals surface area contributed by atoms with E-state index >= 15 is 0 Å². The lowest BCUT2D eigenvalue weighted by atomic mass is 10.2. The van der Waals surface area contributed by atoms with Gasteiger partial charge in [-0.1, -0.05) is 6.92 Å². The van der Waals surface area contributed by atoms with Crippen LogP contribution in [0.15, 0.2) is 0 Å².